The Balaban J connectivity index is 3.36. The lowest BCUT2D eigenvalue weighted by Crippen LogP contribution is -2.43. The highest BCUT2D eigenvalue weighted by atomic mass is 16.3. The van der Waals surface area contributed by atoms with Crippen LogP contribution in [0.2, 0.25) is 0 Å². The minimum Gasteiger partial charge on any atom is -0.377 e. The molecule has 0 bridgehead atoms. The molecule has 0 rings (SSSR count). The molecule has 0 spiro atoms. The summed E-state index contributed by atoms with van der Waals surface area (Å²) in [5.74, 6) is -0.342. The second kappa shape index (κ2) is 6.82. The van der Waals surface area contributed by atoms with Gasteiger partial charge in [0.25, 0.3) is 5.91 Å². The van der Waals surface area contributed by atoms with Gasteiger partial charge < -0.3 is 5.11 Å². The van der Waals surface area contributed by atoms with Crippen LogP contribution in [0.15, 0.2) is 12.7 Å². The van der Waals surface area contributed by atoms with Crippen LogP contribution >= 0.6 is 0 Å². The predicted octanol–water partition coefficient (Wildman–Crippen LogP) is 0.302. The fourth-order valence-corrected chi connectivity index (χ4v) is 0.675. The molecule has 0 fully saturated rings. The second-order valence-corrected chi connectivity index (χ2v) is 2.50. The van der Waals surface area contributed by atoms with Crippen molar-refractivity contribution >= 4 is 5.91 Å². The third-order valence-corrected chi connectivity index (χ3v) is 1.38. The summed E-state index contributed by atoms with van der Waals surface area (Å²) >= 11 is 0. The van der Waals surface area contributed by atoms with Crippen molar-refractivity contribution in [2.24, 2.45) is 0 Å². The molecule has 12 heavy (non-hydrogen) atoms. The second-order valence-electron chi connectivity index (χ2n) is 2.50. The van der Waals surface area contributed by atoms with Crippen LogP contribution in [-0.4, -0.2) is 17.2 Å². The highest BCUT2D eigenvalue weighted by Crippen LogP contribution is 1.95. The molecule has 0 aliphatic heterocycles. The van der Waals surface area contributed by atoms with Gasteiger partial charge >= 0.3 is 0 Å². The fourth-order valence-electron chi connectivity index (χ4n) is 0.675. The first-order chi connectivity index (χ1) is 5.70. The molecule has 4 heteroatoms. The molecule has 0 aliphatic rings. The number of hydrazine groups is 1. The topological polar surface area (TPSA) is 61.4 Å². The van der Waals surface area contributed by atoms with Crippen molar-refractivity contribution in [2.45, 2.75) is 32.4 Å². The third-order valence-electron chi connectivity index (χ3n) is 1.38. The first kappa shape index (κ1) is 11.1. The number of amides is 1. The van der Waals surface area contributed by atoms with Gasteiger partial charge in [0.1, 0.15) is 6.23 Å². The Bertz CT molecular complexity index is 148. The van der Waals surface area contributed by atoms with E-state index in [0.717, 1.165) is 18.9 Å². The van der Waals surface area contributed by atoms with Crippen LogP contribution in [0.1, 0.15) is 26.2 Å². The number of hydrogen-bond acceptors (Lipinski definition) is 3. The maximum absolute atomic E-state index is 10.6. The summed E-state index contributed by atoms with van der Waals surface area (Å²) in [6, 6.07) is 0. The van der Waals surface area contributed by atoms with Crippen molar-refractivity contribution in [2.75, 3.05) is 0 Å². The van der Waals surface area contributed by atoms with Gasteiger partial charge in [-0.3, -0.25) is 10.2 Å². The van der Waals surface area contributed by atoms with E-state index in [1.807, 2.05) is 6.92 Å². The maximum Gasteiger partial charge on any atom is 0.257 e. The Morgan fingerprint density at radius 2 is 2.42 bits per heavy atom. The van der Waals surface area contributed by atoms with E-state index in [4.69, 9.17) is 5.11 Å². The number of carbonyl (C=O) groups is 1. The molecule has 3 N–H and O–H groups in total. The molecule has 0 radical (unpaired) electrons. The van der Waals surface area contributed by atoms with E-state index in [1.165, 1.54) is 0 Å². The molecule has 4 nitrogen and oxygen atoms in total. The van der Waals surface area contributed by atoms with Gasteiger partial charge in [-0.15, -0.1) is 0 Å². The Morgan fingerprint density at radius 3 is 2.92 bits per heavy atom. The SMILES string of the molecule is C=CC(=O)NNC(O)CCCC. The normalized spacial score (nSPS) is 12.2. The highest BCUT2D eigenvalue weighted by molar-refractivity contribution is 5.86. The fraction of sp³-hybridized carbons (Fsp3) is 0.625. The Morgan fingerprint density at radius 1 is 1.75 bits per heavy atom. The van der Waals surface area contributed by atoms with Crippen molar-refractivity contribution in [1.29, 1.82) is 0 Å². The zero-order valence-electron chi connectivity index (χ0n) is 7.34. The van der Waals surface area contributed by atoms with Crippen LogP contribution in [0.4, 0.5) is 0 Å². The molecule has 0 aromatic rings. The number of unbranched alkanes of at least 4 members (excludes halogenated alkanes) is 1. The van der Waals surface area contributed by atoms with Gasteiger partial charge in [-0.1, -0.05) is 19.9 Å². The largest absolute Gasteiger partial charge is 0.377 e. The number of aliphatic hydroxyl groups excluding tert-OH is 1. The predicted molar refractivity (Wildman–Crippen MR) is 47.0 cm³/mol. The monoisotopic (exact) mass is 172 g/mol. The molecule has 1 unspecified atom stereocenters. The van der Waals surface area contributed by atoms with E-state index < -0.39 is 6.23 Å². The van der Waals surface area contributed by atoms with E-state index in [9.17, 15) is 4.79 Å². The molecule has 0 aromatic carbocycles. The minimum atomic E-state index is -0.672. The van der Waals surface area contributed by atoms with Crippen LogP contribution in [0, 0.1) is 0 Å². The molecule has 0 saturated carbocycles. The zero-order chi connectivity index (χ0) is 9.40. The molecule has 70 valence electrons. The lowest BCUT2D eigenvalue weighted by molar-refractivity contribution is -0.118. The summed E-state index contributed by atoms with van der Waals surface area (Å²) in [7, 11) is 0. The van der Waals surface area contributed by atoms with Crippen molar-refractivity contribution in [3.05, 3.63) is 12.7 Å². The summed E-state index contributed by atoms with van der Waals surface area (Å²) in [5.41, 5.74) is 4.74. The van der Waals surface area contributed by atoms with Gasteiger partial charge in [0.15, 0.2) is 0 Å². The summed E-state index contributed by atoms with van der Waals surface area (Å²) in [6.45, 7) is 5.30. The summed E-state index contributed by atoms with van der Waals surface area (Å²) in [6.07, 6.45) is 3.05. The van der Waals surface area contributed by atoms with E-state index in [-0.39, 0.29) is 5.91 Å². The summed E-state index contributed by atoms with van der Waals surface area (Å²) < 4.78 is 0. The van der Waals surface area contributed by atoms with Gasteiger partial charge in [0, 0.05) is 0 Å². The Kier molecular flexibility index (Phi) is 6.32. The smallest absolute Gasteiger partial charge is 0.257 e. The number of aliphatic hydroxyl groups is 1. The Labute approximate surface area is 72.6 Å². The van der Waals surface area contributed by atoms with Crippen molar-refractivity contribution in [1.82, 2.24) is 10.9 Å². The Hall–Kier alpha value is -0.870. The van der Waals surface area contributed by atoms with E-state index in [0.29, 0.717) is 6.42 Å². The van der Waals surface area contributed by atoms with Crippen LogP contribution in [0.3, 0.4) is 0 Å². The van der Waals surface area contributed by atoms with Gasteiger partial charge in [-0.05, 0) is 18.9 Å². The molecule has 1 amide bonds. The molecular formula is C8H16N2O2. The van der Waals surface area contributed by atoms with Gasteiger partial charge in [-0.2, -0.15) is 0 Å². The first-order valence-electron chi connectivity index (χ1n) is 4.06. The summed E-state index contributed by atoms with van der Waals surface area (Å²) in [5, 5.41) is 9.16. The zero-order valence-corrected chi connectivity index (χ0v) is 7.34. The first-order valence-corrected chi connectivity index (χ1v) is 4.06. The molecule has 1 atom stereocenters. The van der Waals surface area contributed by atoms with Crippen LogP contribution in [0.25, 0.3) is 0 Å². The van der Waals surface area contributed by atoms with Crippen LogP contribution in [-0.2, 0) is 4.79 Å². The van der Waals surface area contributed by atoms with Gasteiger partial charge in [0.2, 0.25) is 0 Å². The van der Waals surface area contributed by atoms with E-state index >= 15 is 0 Å². The summed E-state index contributed by atoms with van der Waals surface area (Å²) in [4.78, 5) is 10.6. The van der Waals surface area contributed by atoms with Crippen molar-refractivity contribution < 1.29 is 9.90 Å². The number of carbonyl (C=O) groups excluding carboxylic acids is 1. The molecule has 0 aromatic heterocycles. The van der Waals surface area contributed by atoms with Crippen molar-refractivity contribution in [3.63, 3.8) is 0 Å². The third kappa shape index (κ3) is 5.88. The quantitative estimate of drug-likeness (QED) is 0.307. The molecule has 0 aliphatic carbocycles. The molecule has 0 heterocycles. The highest BCUT2D eigenvalue weighted by Gasteiger charge is 2.01. The minimum absolute atomic E-state index is 0.342. The van der Waals surface area contributed by atoms with Crippen LogP contribution in [0.5, 0.6) is 0 Å². The standard InChI is InChI=1S/C8H16N2O2/c1-3-5-6-8(12)10-9-7(11)4-2/h4,8,10,12H,2-3,5-6H2,1H3,(H,9,11). The molecule has 0 saturated heterocycles. The lowest BCUT2D eigenvalue weighted by atomic mass is 10.2. The number of rotatable bonds is 6. The van der Waals surface area contributed by atoms with E-state index in [1.54, 1.807) is 0 Å². The van der Waals surface area contributed by atoms with Gasteiger partial charge in [-0.25, -0.2) is 5.43 Å². The van der Waals surface area contributed by atoms with Crippen LogP contribution < -0.4 is 10.9 Å². The maximum atomic E-state index is 10.6. The lowest BCUT2D eigenvalue weighted by Gasteiger charge is -2.11. The number of nitrogens with one attached hydrogen (secondary N) is 2. The average Bonchev–Trinajstić information content (AvgIpc) is 2.10. The van der Waals surface area contributed by atoms with Crippen molar-refractivity contribution in [3.8, 4) is 0 Å². The van der Waals surface area contributed by atoms with Gasteiger partial charge in [0.05, 0.1) is 0 Å². The van der Waals surface area contributed by atoms with E-state index in [2.05, 4.69) is 17.4 Å². The molecular weight excluding hydrogens is 156 g/mol. The average molecular weight is 172 g/mol. The number of hydrogen-bond donors (Lipinski definition) is 3.